The summed E-state index contributed by atoms with van der Waals surface area (Å²) in [5.74, 6) is 0.340. The maximum Gasteiger partial charge on any atom is 0.192 e. The van der Waals surface area contributed by atoms with Crippen molar-refractivity contribution < 1.29 is 5.21 Å². The van der Waals surface area contributed by atoms with Gasteiger partial charge in [-0.1, -0.05) is 5.16 Å². The van der Waals surface area contributed by atoms with Crippen molar-refractivity contribution in [2.45, 2.75) is 13.5 Å². The minimum atomic E-state index is -0.0697. The van der Waals surface area contributed by atoms with Crippen LogP contribution in [-0.4, -0.2) is 20.6 Å². The maximum atomic E-state index is 8.35. The SMILES string of the molecule is CCn1cnc(/C(N)=N/O)c1N. The Morgan fingerprint density at radius 3 is 2.92 bits per heavy atom. The third-order valence-corrected chi connectivity index (χ3v) is 1.57. The first-order chi connectivity index (χ1) is 5.70. The van der Waals surface area contributed by atoms with Crippen LogP contribution in [0.2, 0.25) is 0 Å². The van der Waals surface area contributed by atoms with Crippen LogP contribution in [0.5, 0.6) is 0 Å². The molecule has 1 aromatic rings. The van der Waals surface area contributed by atoms with Crippen LogP contribution in [0.4, 0.5) is 5.82 Å². The highest BCUT2D eigenvalue weighted by Crippen LogP contribution is 2.08. The van der Waals surface area contributed by atoms with Crippen LogP contribution in [0.25, 0.3) is 0 Å². The van der Waals surface area contributed by atoms with Crippen molar-refractivity contribution in [1.29, 1.82) is 0 Å². The Hall–Kier alpha value is -1.72. The molecule has 6 nitrogen and oxygen atoms in total. The van der Waals surface area contributed by atoms with Crippen LogP contribution >= 0.6 is 0 Å². The van der Waals surface area contributed by atoms with Crippen molar-refractivity contribution in [3.05, 3.63) is 12.0 Å². The topological polar surface area (TPSA) is 102 Å². The third-order valence-electron chi connectivity index (χ3n) is 1.57. The number of nitrogen functional groups attached to an aromatic ring is 1. The van der Waals surface area contributed by atoms with Gasteiger partial charge in [-0.3, -0.25) is 0 Å². The van der Waals surface area contributed by atoms with Gasteiger partial charge in [-0.25, -0.2) is 4.98 Å². The lowest BCUT2D eigenvalue weighted by molar-refractivity contribution is 0.318. The van der Waals surface area contributed by atoms with E-state index in [1.54, 1.807) is 10.9 Å². The highest BCUT2D eigenvalue weighted by molar-refractivity contribution is 5.99. The Bertz CT molecular complexity index is 303. The number of rotatable bonds is 2. The molecule has 0 bridgehead atoms. The molecule has 1 rings (SSSR count). The lowest BCUT2D eigenvalue weighted by Crippen LogP contribution is -2.16. The molecule has 12 heavy (non-hydrogen) atoms. The fraction of sp³-hybridized carbons (Fsp3) is 0.333. The lowest BCUT2D eigenvalue weighted by Gasteiger charge is -1.99. The molecule has 0 radical (unpaired) electrons. The molecule has 0 amide bonds. The van der Waals surface area contributed by atoms with Crippen molar-refractivity contribution >= 4 is 11.7 Å². The molecule has 0 spiro atoms. The molecule has 0 aliphatic heterocycles. The molecule has 1 heterocycles. The lowest BCUT2D eigenvalue weighted by atomic mass is 10.4. The Morgan fingerprint density at radius 2 is 2.50 bits per heavy atom. The minimum absolute atomic E-state index is 0.0697. The smallest absolute Gasteiger partial charge is 0.192 e. The first-order valence-electron chi connectivity index (χ1n) is 3.49. The molecule has 0 saturated carbocycles. The number of amidine groups is 1. The predicted octanol–water partition coefficient (Wildman–Crippen LogP) is -0.420. The van der Waals surface area contributed by atoms with Crippen molar-refractivity contribution in [2.75, 3.05) is 5.73 Å². The van der Waals surface area contributed by atoms with Gasteiger partial charge < -0.3 is 21.2 Å². The average Bonchev–Trinajstić information content (AvgIpc) is 2.45. The van der Waals surface area contributed by atoms with Crippen molar-refractivity contribution in [3.8, 4) is 0 Å². The summed E-state index contributed by atoms with van der Waals surface area (Å²) in [7, 11) is 0. The normalized spacial score (nSPS) is 11.9. The van der Waals surface area contributed by atoms with Crippen LogP contribution in [0.3, 0.4) is 0 Å². The molecule has 0 aliphatic rings. The van der Waals surface area contributed by atoms with Crippen molar-refractivity contribution in [3.63, 3.8) is 0 Å². The first kappa shape index (κ1) is 8.38. The molecule has 0 saturated heterocycles. The van der Waals surface area contributed by atoms with Gasteiger partial charge in [-0.2, -0.15) is 0 Å². The van der Waals surface area contributed by atoms with Gasteiger partial charge in [0.15, 0.2) is 11.5 Å². The standard InChI is InChI=1S/C6H11N5O/c1-2-11-3-9-4(6(11)8)5(7)10-12/h3,12H,2,8H2,1H3,(H2,7,10). The second kappa shape index (κ2) is 3.12. The largest absolute Gasteiger partial charge is 0.409 e. The van der Waals surface area contributed by atoms with E-state index in [1.807, 2.05) is 6.92 Å². The van der Waals surface area contributed by atoms with Gasteiger partial charge >= 0.3 is 0 Å². The number of hydrogen-bond donors (Lipinski definition) is 3. The number of aryl methyl sites for hydroxylation is 1. The molecule has 0 aliphatic carbocycles. The van der Waals surface area contributed by atoms with Gasteiger partial charge in [0.05, 0.1) is 6.33 Å². The Labute approximate surface area is 69.5 Å². The predicted molar refractivity (Wildman–Crippen MR) is 44.8 cm³/mol. The summed E-state index contributed by atoms with van der Waals surface area (Å²) < 4.78 is 1.70. The fourth-order valence-corrected chi connectivity index (χ4v) is 0.888. The first-order valence-corrected chi connectivity index (χ1v) is 3.49. The number of anilines is 1. The van der Waals surface area contributed by atoms with E-state index in [0.717, 1.165) is 0 Å². The fourth-order valence-electron chi connectivity index (χ4n) is 0.888. The number of aromatic nitrogens is 2. The number of nitrogens with zero attached hydrogens (tertiary/aromatic N) is 3. The molecule has 0 unspecified atom stereocenters. The quantitative estimate of drug-likeness (QED) is 0.242. The number of imidazole rings is 1. The Kier molecular flexibility index (Phi) is 2.18. The molecule has 5 N–H and O–H groups in total. The van der Waals surface area contributed by atoms with E-state index < -0.39 is 0 Å². The van der Waals surface area contributed by atoms with Crippen molar-refractivity contribution in [2.24, 2.45) is 10.9 Å². The molecule has 0 fully saturated rings. The molecule has 66 valence electrons. The van der Waals surface area contributed by atoms with Gasteiger partial charge in [0, 0.05) is 6.54 Å². The summed E-state index contributed by atoms with van der Waals surface area (Å²) >= 11 is 0. The molecule has 6 heteroatoms. The van der Waals surface area contributed by atoms with E-state index >= 15 is 0 Å². The van der Waals surface area contributed by atoms with Gasteiger partial charge in [0.25, 0.3) is 0 Å². The highest BCUT2D eigenvalue weighted by atomic mass is 16.4. The van der Waals surface area contributed by atoms with E-state index in [-0.39, 0.29) is 5.84 Å². The maximum absolute atomic E-state index is 8.35. The second-order valence-electron chi connectivity index (χ2n) is 2.25. The average molecular weight is 169 g/mol. The van der Waals surface area contributed by atoms with E-state index in [4.69, 9.17) is 16.7 Å². The molecule has 1 aromatic heterocycles. The van der Waals surface area contributed by atoms with E-state index in [1.165, 1.54) is 0 Å². The van der Waals surface area contributed by atoms with Gasteiger partial charge in [0.2, 0.25) is 0 Å². The number of nitrogens with two attached hydrogens (primary N) is 2. The van der Waals surface area contributed by atoms with Gasteiger partial charge in [0.1, 0.15) is 5.82 Å². The minimum Gasteiger partial charge on any atom is -0.409 e. The zero-order valence-electron chi connectivity index (χ0n) is 6.73. The van der Waals surface area contributed by atoms with Crippen LogP contribution in [-0.2, 0) is 6.54 Å². The van der Waals surface area contributed by atoms with E-state index in [0.29, 0.717) is 18.1 Å². The van der Waals surface area contributed by atoms with Gasteiger partial charge in [-0.05, 0) is 6.92 Å². The summed E-state index contributed by atoms with van der Waals surface area (Å²) in [5.41, 5.74) is 11.2. The molecule has 0 atom stereocenters. The summed E-state index contributed by atoms with van der Waals surface area (Å²) in [6.45, 7) is 2.63. The molecular weight excluding hydrogens is 158 g/mol. The van der Waals surface area contributed by atoms with Crippen LogP contribution in [0, 0.1) is 0 Å². The zero-order chi connectivity index (χ0) is 9.14. The molecule has 0 aromatic carbocycles. The number of hydrogen-bond acceptors (Lipinski definition) is 4. The summed E-state index contributed by atoms with van der Waals surface area (Å²) in [4.78, 5) is 3.88. The third kappa shape index (κ3) is 1.18. The number of oxime groups is 1. The van der Waals surface area contributed by atoms with E-state index in [9.17, 15) is 0 Å². The zero-order valence-corrected chi connectivity index (χ0v) is 6.73. The Morgan fingerprint density at radius 1 is 1.83 bits per heavy atom. The van der Waals surface area contributed by atoms with Crippen LogP contribution < -0.4 is 11.5 Å². The summed E-state index contributed by atoms with van der Waals surface area (Å²) in [6.07, 6.45) is 1.54. The monoisotopic (exact) mass is 169 g/mol. The highest BCUT2D eigenvalue weighted by Gasteiger charge is 2.09. The summed E-state index contributed by atoms with van der Waals surface area (Å²) in [6, 6.07) is 0. The van der Waals surface area contributed by atoms with Crippen molar-refractivity contribution in [1.82, 2.24) is 9.55 Å². The molecular formula is C6H11N5O. The second-order valence-corrected chi connectivity index (χ2v) is 2.25. The Balaban J connectivity index is 3.10. The van der Waals surface area contributed by atoms with E-state index in [2.05, 4.69) is 10.1 Å². The van der Waals surface area contributed by atoms with Gasteiger partial charge in [-0.15, -0.1) is 0 Å². The van der Waals surface area contributed by atoms with Crippen LogP contribution in [0.15, 0.2) is 11.5 Å². The summed E-state index contributed by atoms with van der Waals surface area (Å²) in [5, 5.41) is 11.2. The van der Waals surface area contributed by atoms with Crippen LogP contribution in [0.1, 0.15) is 12.6 Å².